The number of hydrogen-bond acceptors (Lipinski definition) is 3. The Balaban J connectivity index is 1.50. The molecule has 0 saturated carbocycles. The molecule has 1 heterocycles. The van der Waals surface area contributed by atoms with Crippen LogP contribution in [0.15, 0.2) is 48.5 Å². The third kappa shape index (κ3) is 4.64. The molecule has 1 N–H and O–H groups in total. The van der Waals surface area contributed by atoms with Gasteiger partial charge >= 0.3 is 0 Å². The molecule has 0 radical (unpaired) electrons. The summed E-state index contributed by atoms with van der Waals surface area (Å²) in [6, 6.07) is 16.0. The maximum absolute atomic E-state index is 12.6. The molecule has 26 heavy (non-hydrogen) atoms. The number of aliphatic hydroxyl groups is 1. The lowest BCUT2D eigenvalue weighted by Gasteiger charge is -2.17. The molecule has 1 atom stereocenters. The van der Waals surface area contributed by atoms with Gasteiger partial charge in [0.1, 0.15) is 5.75 Å². The van der Waals surface area contributed by atoms with Gasteiger partial charge in [0.15, 0.2) is 0 Å². The Bertz CT molecular complexity index is 744. The number of methoxy groups -OCH3 is 1. The van der Waals surface area contributed by atoms with Gasteiger partial charge in [-0.05, 0) is 47.9 Å². The summed E-state index contributed by atoms with van der Waals surface area (Å²) in [6.07, 6.45) is 3.24. The summed E-state index contributed by atoms with van der Waals surface area (Å²) in [5.41, 5.74) is 3.27. The first kappa shape index (κ1) is 18.5. The number of carbonyl (C=O) groups excluding carboxylic acids is 1. The van der Waals surface area contributed by atoms with E-state index in [9.17, 15) is 9.90 Å². The van der Waals surface area contributed by atoms with Gasteiger partial charge < -0.3 is 14.7 Å². The molecule has 0 bridgehead atoms. The number of amides is 1. The normalized spacial score (nSPS) is 16.7. The van der Waals surface area contributed by atoms with Crippen molar-refractivity contribution in [3.05, 3.63) is 65.2 Å². The maximum atomic E-state index is 12.6. The second-order valence-electron chi connectivity index (χ2n) is 6.99. The van der Waals surface area contributed by atoms with Crippen molar-refractivity contribution in [2.45, 2.75) is 32.3 Å². The van der Waals surface area contributed by atoms with E-state index in [0.717, 1.165) is 42.8 Å². The van der Waals surface area contributed by atoms with Crippen molar-refractivity contribution in [2.75, 3.05) is 20.2 Å². The Morgan fingerprint density at radius 3 is 2.81 bits per heavy atom. The third-order valence-corrected chi connectivity index (χ3v) is 5.14. The van der Waals surface area contributed by atoms with E-state index in [4.69, 9.17) is 4.74 Å². The molecule has 1 fully saturated rings. The smallest absolute Gasteiger partial charge is 0.222 e. The summed E-state index contributed by atoms with van der Waals surface area (Å²) in [4.78, 5) is 14.6. The third-order valence-electron chi connectivity index (χ3n) is 5.14. The van der Waals surface area contributed by atoms with Gasteiger partial charge in [-0.15, -0.1) is 0 Å². The minimum absolute atomic E-state index is 0.0755. The number of likely N-dealkylation sites (tertiary alicyclic amines) is 1. The van der Waals surface area contributed by atoms with E-state index >= 15 is 0 Å². The molecule has 3 rings (SSSR count). The fourth-order valence-corrected chi connectivity index (χ4v) is 3.72. The number of benzene rings is 2. The highest BCUT2D eigenvalue weighted by Gasteiger charge is 2.26. The summed E-state index contributed by atoms with van der Waals surface area (Å²) in [5.74, 6) is 1.57. The second kappa shape index (κ2) is 8.86. The van der Waals surface area contributed by atoms with Crippen molar-refractivity contribution >= 4 is 5.91 Å². The highest BCUT2D eigenvalue weighted by Crippen LogP contribution is 2.24. The Morgan fingerprint density at radius 2 is 2.00 bits per heavy atom. The number of hydrogen-bond donors (Lipinski definition) is 1. The zero-order valence-corrected chi connectivity index (χ0v) is 15.4. The Labute approximate surface area is 155 Å². The first-order valence-corrected chi connectivity index (χ1v) is 9.28. The molecular formula is C22H27NO3. The van der Waals surface area contributed by atoms with Gasteiger partial charge in [0.25, 0.3) is 0 Å². The first-order chi connectivity index (χ1) is 12.7. The van der Waals surface area contributed by atoms with Gasteiger partial charge in [0, 0.05) is 19.5 Å². The molecule has 2 aromatic rings. The van der Waals surface area contributed by atoms with Crippen LogP contribution >= 0.6 is 0 Å². The lowest BCUT2D eigenvalue weighted by molar-refractivity contribution is -0.130. The molecule has 0 aromatic heterocycles. The topological polar surface area (TPSA) is 49.8 Å². The van der Waals surface area contributed by atoms with E-state index in [-0.39, 0.29) is 12.5 Å². The van der Waals surface area contributed by atoms with Crippen LogP contribution in [0.2, 0.25) is 0 Å². The molecule has 138 valence electrons. The van der Waals surface area contributed by atoms with E-state index in [2.05, 4.69) is 12.1 Å². The van der Waals surface area contributed by atoms with Crippen molar-refractivity contribution in [1.29, 1.82) is 0 Å². The quantitative estimate of drug-likeness (QED) is 0.831. The summed E-state index contributed by atoms with van der Waals surface area (Å²) in [7, 11) is 1.66. The second-order valence-corrected chi connectivity index (χ2v) is 6.99. The zero-order valence-electron chi connectivity index (χ0n) is 15.4. The van der Waals surface area contributed by atoms with E-state index in [0.29, 0.717) is 18.8 Å². The van der Waals surface area contributed by atoms with Gasteiger partial charge in [0.2, 0.25) is 5.91 Å². The maximum Gasteiger partial charge on any atom is 0.222 e. The molecule has 1 amide bonds. The molecule has 0 aliphatic carbocycles. The minimum Gasteiger partial charge on any atom is -0.496 e. The van der Waals surface area contributed by atoms with Gasteiger partial charge in [-0.25, -0.2) is 0 Å². The predicted octanol–water partition coefficient (Wildman–Crippen LogP) is 3.21. The van der Waals surface area contributed by atoms with Crippen molar-refractivity contribution in [3.8, 4) is 5.75 Å². The SMILES string of the molecule is COc1ccccc1CCC(=O)N1CC[C@@H](Cc2cccc(CO)c2)C1. The number of aliphatic hydroxyl groups excluding tert-OH is 1. The molecular weight excluding hydrogens is 326 g/mol. The highest BCUT2D eigenvalue weighted by atomic mass is 16.5. The summed E-state index contributed by atoms with van der Waals surface area (Å²) in [6.45, 7) is 1.75. The molecule has 1 aliphatic rings. The number of carbonyl (C=O) groups is 1. The van der Waals surface area contributed by atoms with Crippen molar-refractivity contribution < 1.29 is 14.6 Å². The Hall–Kier alpha value is -2.33. The Kier molecular flexibility index (Phi) is 6.29. The number of nitrogens with zero attached hydrogens (tertiary/aromatic N) is 1. The molecule has 1 aliphatic heterocycles. The number of aryl methyl sites for hydroxylation is 1. The van der Waals surface area contributed by atoms with Crippen LogP contribution in [0.1, 0.15) is 29.5 Å². The summed E-state index contributed by atoms with van der Waals surface area (Å²) in [5, 5.41) is 9.27. The largest absolute Gasteiger partial charge is 0.496 e. The van der Waals surface area contributed by atoms with Crippen molar-refractivity contribution in [1.82, 2.24) is 4.90 Å². The fraction of sp³-hybridized carbons (Fsp3) is 0.409. The average Bonchev–Trinajstić information content (AvgIpc) is 3.15. The minimum atomic E-state index is 0.0755. The van der Waals surface area contributed by atoms with Gasteiger partial charge in [-0.3, -0.25) is 4.79 Å². The standard InChI is InChI=1S/C22H27NO3/c1-26-21-8-3-2-7-20(21)9-10-22(25)23-12-11-18(15-23)13-17-5-4-6-19(14-17)16-24/h2-8,14,18,24H,9-13,15-16H2,1H3/t18-/m0/s1. The van der Waals surface area contributed by atoms with Crippen LogP contribution in [-0.2, 0) is 24.2 Å². The van der Waals surface area contributed by atoms with Crippen LogP contribution in [0.25, 0.3) is 0 Å². The number of ether oxygens (including phenoxy) is 1. The zero-order chi connectivity index (χ0) is 18.4. The van der Waals surface area contributed by atoms with Crippen LogP contribution < -0.4 is 4.74 Å². The van der Waals surface area contributed by atoms with Crippen LogP contribution in [-0.4, -0.2) is 36.1 Å². The molecule has 4 heteroatoms. The monoisotopic (exact) mass is 353 g/mol. The van der Waals surface area contributed by atoms with Crippen molar-refractivity contribution in [2.24, 2.45) is 5.92 Å². The van der Waals surface area contributed by atoms with E-state index < -0.39 is 0 Å². The number of rotatable bonds is 7. The highest BCUT2D eigenvalue weighted by molar-refractivity contribution is 5.76. The van der Waals surface area contributed by atoms with Crippen LogP contribution in [0.3, 0.4) is 0 Å². The molecule has 0 spiro atoms. The Morgan fingerprint density at radius 1 is 1.19 bits per heavy atom. The molecule has 1 saturated heterocycles. The fourth-order valence-electron chi connectivity index (χ4n) is 3.72. The van der Waals surface area contributed by atoms with Gasteiger partial charge in [-0.1, -0.05) is 42.5 Å². The predicted molar refractivity (Wildman–Crippen MR) is 102 cm³/mol. The molecule has 2 aromatic carbocycles. The molecule has 0 unspecified atom stereocenters. The summed E-state index contributed by atoms with van der Waals surface area (Å²) >= 11 is 0. The summed E-state index contributed by atoms with van der Waals surface area (Å²) < 4.78 is 5.36. The van der Waals surface area contributed by atoms with Crippen LogP contribution in [0.5, 0.6) is 5.75 Å². The van der Waals surface area contributed by atoms with E-state index in [1.807, 2.05) is 41.3 Å². The van der Waals surface area contributed by atoms with Gasteiger partial charge in [0.05, 0.1) is 13.7 Å². The van der Waals surface area contributed by atoms with Crippen LogP contribution in [0.4, 0.5) is 0 Å². The average molecular weight is 353 g/mol. The lowest BCUT2D eigenvalue weighted by atomic mass is 9.97. The molecule has 4 nitrogen and oxygen atoms in total. The van der Waals surface area contributed by atoms with Gasteiger partial charge in [-0.2, -0.15) is 0 Å². The van der Waals surface area contributed by atoms with E-state index in [1.54, 1.807) is 7.11 Å². The van der Waals surface area contributed by atoms with Crippen LogP contribution in [0, 0.1) is 5.92 Å². The number of para-hydroxylation sites is 1. The first-order valence-electron chi connectivity index (χ1n) is 9.28. The van der Waals surface area contributed by atoms with E-state index in [1.165, 1.54) is 5.56 Å². The lowest BCUT2D eigenvalue weighted by Crippen LogP contribution is -2.29. The van der Waals surface area contributed by atoms with Crippen molar-refractivity contribution in [3.63, 3.8) is 0 Å².